The first-order valence-corrected chi connectivity index (χ1v) is 4.46. The molecule has 0 aromatic carbocycles. The maximum atomic E-state index is 3.29. The number of hydrogen-bond acceptors (Lipinski definition) is 1. The van der Waals surface area contributed by atoms with Gasteiger partial charge in [0.15, 0.2) is 0 Å². The quantitative estimate of drug-likeness (QED) is 0.637. The summed E-state index contributed by atoms with van der Waals surface area (Å²) in [5.41, 5.74) is 0.286. The molecule has 0 aliphatic rings. The fourth-order valence-electron chi connectivity index (χ4n) is 1.58. The molecule has 0 rings (SSSR count). The van der Waals surface area contributed by atoms with E-state index < -0.39 is 0 Å². The molecular formula is C11H21N. The molecule has 0 amide bonds. The highest BCUT2D eigenvalue weighted by molar-refractivity contribution is 5.08. The summed E-state index contributed by atoms with van der Waals surface area (Å²) >= 11 is 0. The van der Waals surface area contributed by atoms with Gasteiger partial charge in [-0.25, -0.2) is 0 Å². The first-order valence-electron chi connectivity index (χ1n) is 4.46. The lowest BCUT2D eigenvalue weighted by molar-refractivity contribution is 0.292. The Morgan fingerprint density at radius 3 is 2.00 bits per heavy atom. The lowest BCUT2D eigenvalue weighted by Gasteiger charge is -2.31. The summed E-state index contributed by atoms with van der Waals surface area (Å²) < 4.78 is 0. The van der Waals surface area contributed by atoms with Crippen molar-refractivity contribution >= 4 is 0 Å². The van der Waals surface area contributed by atoms with Gasteiger partial charge in [-0.2, -0.15) is 0 Å². The van der Waals surface area contributed by atoms with E-state index in [-0.39, 0.29) is 11.0 Å². The normalized spacial score (nSPS) is 12.2. The lowest BCUT2D eigenvalue weighted by atomic mass is 9.81. The summed E-state index contributed by atoms with van der Waals surface area (Å²) in [5.74, 6) is 6.20. The predicted octanol–water partition coefficient (Wildman–Crippen LogP) is 2.42. The van der Waals surface area contributed by atoms with Crippen molar-refractivity contribution in [2.75, 3.05) is 7.05 Å². The van der Waals surface area contributed by atoms with E-state index in [1.54, 1.807) is 0 Å². The molecular weight excluding hydrogens is 146 g/mol. The van der Waals surface area contributed by atoms with E-state index in [2.05, 4.69) is 44.9 Å². The summed E-state index contributed by atoms with van der Waals surface area (Å²) in [6, 6.07) is 0. The van der Waals surface area contributed by atoms with Crippen LogP contribution in [0.3, 0.4) is 0 Å². The Morgan fingerprint density at radius 1 is 1.17 bits per heavy atom. The van der Waals surface area contributed by atoms with Gasteiger partial charge in [0, 0.05) is 11.0 Å². The van der Waals surface area contributed by atoms with Gasteiger partial charge in [0.2, 0.25) is 0 Å². The van der Waals surface area contributed by atoms with Gasteiger partial charge in [0.05, 0.1) is 0 Å². The average molecular weight is 167 g/mol. The average Bonchev–Trinajstić information content (AvgIpc) is 1.85. The van der Waals surface area contributed by atoms with Crippen LogP contribution in [0.4, 0.5) is 0 Å². The highest BCUT2D eigenvalue weighted by Gasteiger charge is 2.25. The van der Waals surface area contributed by atoms with E-state index >= 15 is 0 Å². The van der Waals surface area contributed by atoms with E-state index in [0.717, 1.165) is 6.42 Å². The Bertz CT molecular complexity index is 191. The van der Waals surface area contributed by atoms with Crippen molar-refractivity contribution in [3.05, 3.63) is 0 Å². The second-order valence-electron chi connectivity index (χ2n) is 4.57. The molecule has 12 heavy (non-hydrogen) atoms. The van der Waals surface area contributed by atoms with Gasteiger partial charge in [-0.1, -0.05) is 5.92 Å². The van der Waals surface area contributed by atoms with Gasteiger partial charge in [-0.05, 0) is 48.1 Å². The van der Waals surface area contributed by atoms with Gasteiger partial charge >= 0.3 is 0 Å². The van der Waals surface area contributed by atoms with Crippen molar-refractivity contribution < 1.29 is 0 Å². The Kier molecular flexibility index (Phi) is 3.80. The molecule has 0 aliphatic carbocycles. The molecule has 0 unspecified atom stereocenters. The van der Waals surface area contributed by atoms with Crippen molar-refractivity contribution in [1.29, 1.82) is 0 Å². The smallest absolute Gasteiger partial charge is 0.0275 e. The van der Waals surface area contributed by atoms with Crippen LogP contribution >= 0.6 is 0 Å². The monoisotopic (exact) mass is 167 g/mol. The van der Waals surface area contributed by atoms with Crippen LogP contribution in [0.25, 0.3) is 0 Å². The standard InChI is InChI=1S/C11H21N/c1-7-8-10(2,3)9-11(4,5)12-6/h12H,9H2,1-6H3. The van der Waals surface area contributed by atoms with Crippen molar-refractivity contribution in [1.82, 2.24) is 5.32 Å². The molecule has 0 bridgehead atoms. The molecule has 0 saturated carbocycles. The zero-order chi connectivity index (χ0) is 9.83. The van der Waals surface area contributed by atoms with Crippen LogP contribution in [0.5, 0.6) is 0 Å². The second kappa shape index (κ2) is 3.96. The Hall–Kier alpha value is -0.480. The van der Waals surface area contributed by atoms with E-state index in [1.165, 1.54) is 0 Å². The highest BCUT2D eigenvalue weighted by Crippen LogP contribution is 2.26. The Labute approximate surface area is 76.9 Å². The van der Waals surface area contributed by atoms with E-state index in [0.29, 0.717) is 0 Å². The van der Waals surface area contributed by atoms with Crippen molar-refractivity contribution in [2.24, 2.45) is 5.41 Å². The van der Waals surface area contributed by atoms with E-state index in [9.17, 15) is 0 Å². The van der Waals surface area contributed by atoms with Gasteiger partial charge in [0.1, 0.15) is 0 Å². The summed E-state index contributed by atoms with van der Waals surface area (Å²) in [6.45, 7) is 10.7. The fraction of sp³-hybridized carbons (Fsp3) is 0.818. The summed E-state index contributed by atoms with van der Waals surface area (Å²) in [5, 5.41) is 3.29. The third kappa shape index (κ3) is 4.41. The molecule has 0 aromatic rings. The predicted molar refractivity (Wildman–Crippen MR) is 55.0 cm³/mol. The molecule has 0 fully saturated rings. The fourth-order valence-corrected chi connectivity index (χ4v) is 1.58. The Balaban J connectivity index is 4.30. The molecule has 0 aromatic heterocycles. The first kappa shape index (κ1) is 11.5. The zero-order valence-electron chi connectivity index (χ0n) is 9.21. The maximum Gasteiger partial charge on any atom is 0.0275 e. The maximum absolute atomic E-state index is 3.29. The summed E-state index contributed by atoms with van der Waals surface area (Å²) in [6.07, 6.45) is 1.07. The molecule has 0 saturated heterocycles. The molecule has 0 atom stereocenters. The second-order valence-corrected chi connectivity index (χ2v) is 4.57. The molecule has 1 nitrogen and oxygen atoms in total. The van der Waals surface area contributed by atoms with Crippen LogP contribution in [0.15, 0.2) is 0 Å². The lowest BCUT2D eigenvalue weighted by Crippen LogP contribution is -2.40. The molecule has 70 valence electrons. The molecule has 0 spiro atoms. The molecule has 1 heteroatoms. The van der Waals surface area contributed by atoms with Gasteiger partial charge in [-0.15, -0.1) is 5.92 Å². The third-order valence-electron chi connectivity index (χ3n) is 2.02. The minimum absolute atomic E-state index is 0.112. The third-order valence-corrected chi connectivity index (χ3v) is 2.02. The van der Waals surface area contributed by atoms with E-state index in [1.807, 2.05) is 14.0 Å². The van der Waals surface area contributed by atoms with Crippen molar-refractivity contribution in [3.8, 4) is 11.8 Å². The van der Waals surface area contributed by atoms with Gasteiger partial charge < -0.3 is 5.32 Å². The van der Waals surface area contributed by atoms with Crippen molar-refractivity contribution in [3.63, 3.8) is 0 Å². The first-order chi connectivity index (χ1) is 5.33. The summed E-state index contributed by atoms with van der Waals surface area (Å²) in [7, 11) is 2.00. The van der Waals surface area contributed by atoms with Gasteiger partial charge in [0.25, 0.3) is 0 Å². The van der Waals surface area contributed by atoms with Crippen LogP contribution in [0.2, 0.25) is 0 Å². The number of hydrogen-bond donors (Lipinski definition) is 1. The molecule has 0 aliphatic heterocycles. The van der Waals surface area contributed by atoms with Crippen LogP contribution in [-0.4, -0.2) is 12.6 Å². The number of nitrogens with one attached hydrogen (secondary N) is 1. The van der Waals surface area contributed by atoms with Crippen LogP contribution in [-0.2, 0) is 0 Å². The Morgan fingerprint density at radius 2 is 1.67 bits per heavy atom. The molecule has 1 N–H and O–H groups in total. The molecule has 0 radical (unpaired) electrons. The largest absolute Gasteiger partial charge is 0.315 e. The van der Waals surface area contributed by atoms with Crippen LogP contribution in [0.1, 0.15) is 41.0 Å². The van der Waals surface area contributed by atoms with E-state index in [4.69, 9.17) is 0 Å². The minimum Gasteiger partial charge on any atom is -0.315 e. The van der Waals surface area contributed by atoms with Crippen molar-refractivity contribution in [2.45, 2.75) is 46.6 Å². The minimum atomic E-state index is 0.112. The highest BCUT2D eigenvalue weighted by atomic mass is 14.9. The SMILES string of the molecule is CC#CC(C)(C)CC(C)(C)NC. The van der Waals surface area contributed by atoms with Gasteiger partial charge in [-0.3, -0.25) is 0 Å². The van der Waals surface area contributed by atoms with Crippen LogP contribution < -0.4 is 5.32 Å². The topological polar surface area (TPSA) is 12.0 Å². The van der Waals surface area contributed by atoms with Crippen LogP contribution in [0, 0.1) is 17.3 Å². The zero-order valence-corrected chi connectivity index (χ0v) is 9.21. The molecule has 0 heterocycles. The summed E-state index contributed by atoms with van der Waals surface area (Å²) in [4.78, 5) is 0. The number of rotatable bonds is 3.